The van der Waals surface area contributed by atoms with Crippen molar-refractivity contribution in [3.63, 3.8) is 0 Å². The molecule has 0 aliphatic carbocycles. The van der Waals surface area contributed by atoms with E-state index in [1.807, 2.05) is 84.9 Å². The van der Waals surface area contributed by atoms with Gasteiger partial charge < -0.3 is 9.47 Å². The van der Waals surface area contributed by atoms with Gasteiger partial charge in [-0.15, -0.1) is 5.10 Å². The molecular weight excluding hydrogens is 446 g/mol. The van der Waals surface area contributed by atoms with E-state index < -0.39 is 0 Å². The maximum absolute atomic E-state index is 12.9. The second-order valence-corrected chi connectivity index (χ2v) is 9.27. The number of thiazole rings is 1. The Balaban J connectivity index is 1.39. The molecule has 2 aromatic heterocycles. The summed E-state index contributed by atoms with van der Waals surface area (Å²) in [6.07, 6.45) is 1.84. The Bertz CT molecular complexity index is 1520. The maximum atomic E-state index is 12.9. The summed E-state index contributed by atoms with van der Waals surface area (Å²) < 4.78 is 13.6. The van der Waals surface area contributed by atoms with E-state index in [1.54, 1.807) is 0 Å². The molecule has 0 amide bonds. The molecule has 0 fully saturated rings. The number of rotatable bonds is 7. The fourth-order valence-corrected chi connectivity index (χ4v) is 4.27. The van der Waals surface area contributed by atoms with Crippen molar-refractivity contribution in [2.45, 2.75) is 13.8 Å². The van der Waals surface area contributed by atoms with Gasteiger partial charge in [0, 0.05) is 5.56 Å². The monoisotopic (exact) mass is 469 g/mol. The quantitative estimate of drug-likeness (QED) is 0.328. The van der Waals surface area contributed by atoms with Crippen LogP contribution in [0, 0.1) is 5.92 Å². The van der Waals surface area contributed by atoms with E-state index in [0.717, 1.165) is 22.6 Å². The lowest BCUT2D eigenvalue weighted by atomic mass is 10.2. The highest BCUT2D eigenvalue weighted by Gasteiger charge is 2.12. The summed E-state index contributed by atoms with van der Waals surface area (Å²) in [4.78, 5) is 18.1. The highest BCUT2D eigenvalue weighted by molar-refractivity contribution is 7.15. The Hall–Kier alpha value is -3.97. The van der Waals surface area contributed by atoms with Crippen molar-refractivity contribution in [3.8, 4) is 28.6 Å². The van der Waals surface area contributed by atoms with E-state index in [4.69, 9.17) is 9.47 Å². The Morgan fingerprint density at radius 1 is 0.941 bits per heavy atom. The summed E-state index contributed by atoms with van der Waals surface area (Å²) in [5, 5.41) is 4.44. The van der Waals surface area contributed by atoms with Gasteiger partial charge in [-0.2, -0.15) is 9.50 Å². The normalized spacial score (nSPS) is 11.9. The van der Waals surface area contributed by atoms with Crippen LogP contribution in [0.25, 0.3) is 22.4 Å². The Morgan fingerprint density at radius 3 is 2.44 bits per heavy atom. The van der Waals surface area contributed by atoms with Crippen molar-refractivity contribution in [2.24, 2.45) is 5.92 Å². The Morgan fingerprint density at radius 2 is 1.71 bits per heavy atom. The molecule has 5 aromatic rings. The molecule has 0 aliphatic rings. The lowest BCUT2D eigenvalue weighted by molar-refractivity contribution is 0.271. The third kappa shape index (κ3) is 4.84. The first-order valence-electron chi connectivity index (χ1n) is 11.0. The number of aromatic nitrogens is 3. The summed E-state index contributed by atoms with van der Waals surface area (Å²) in [6.45, 7) is 4.88. The SMILES string of the molecule is CC(C)COc1ccc(-c2nc3s/c(=C/c4cccc(Oc5ccccc5)c4)c(=O)n3n2)cc1. The van der Waals surface area contributed by atoms with Crippen LogP contribution >= 0.6 is 11.3 Å². The van der Waals surface area contributed by atoms with E-state index in [-0.39, 0.29) is 5.56 Å². The maximum Gasteiger partial charge on any atom is 0.291 e. The highest BCUT2D eigenvalue weighted by Crippen LogP contribution is 2.23. The van der Waals surface area contributed by atoms with Crippen LogP contribution in [0.1, 0.15) is 19.4 Å². The van der Waals surface area contributed by atoms with Crippen LogP contribution < -0.4 is 19.6 Å². The van der Waals surface area contributed by atoms with Crippen molar-refractivity contribution in [2.75, 3.05) is 6.61 Å². The van der Waals surface area contributed by atoms with Crippen LogP contribution in [0.3, 0.4) is 0 Å². The second kappa shape index (κ2) is 9.49. The number of hydrogen-bond donors (Lipinski definition) is 0. The minimum absolute atomic E-state index is 0.190. The first kappa shape index (κ1) is 21.9. The molecule has 0 saturated heterocycles. The molecule has 34 heavy (non-hydrogen) atoms. The zero-order valence-corrected chi connectivity index (χ0v) is 19.7. The highest BCUT2D eigenvalue weighted by atomic mass is 32.1. The van der Waals surface area contributed by atoms with Crippen LogP contribution in [0.15, 0.2) is 83.7 Å². The largest absolute Gasteiger partial charge is 0.493 e. The molecule has 7 heteroatoms. The van der Waals surface area contributed by atoms with Crippen LogP contribution in [0.2, 0.25) is 0 Å². The van der Waals surface area contributed by atoms with Gasteiger partial charge in [0.1, 0.15) is 17.2 Å². The molecule has 3 aromatic carbocycles. The molecule has 5 rings (SSSR count). The molecule has 0 spiro atoms. The molecule has 0 aliphatic heterocycles. The third-order valence-electron chi connectivity index (χ3n) is 5.01. The summed E-state index contributed by atoms with van der Waals surface area (Å²) in [6, 6.07) is 24.8. The summed E-state index contributed by atoms with van der Waals surface area (Å²) in [7, 11) is 0. The Labute approximate surface area is 200 Å². The van der Waals surface area contributed by atoms with E-state index in [2.05, 4.69) is 23.9 Å². The van der Waals surface area contributed by atoms with Gasteiger partial charge in [0.05, 0.1) is 11.1 Å². The molecule has 0 unspecified atom stereocenters. The molecule has 2 heterocycles. The van der Waals surface area contributed by atoms with E-state index in [9.17, 15) is 4.79 Å². The lowest BCUT2D eigenvalue weighted by Crippen LogP contribution is -2.23. The smallest absolute Gasteiger partial charge is 0.291 e. The summed E-state index contributed by atoms with van der Waals surface area (Å²) >= 11 is 1.31. The van der Waals surface area contributed by atoms with Crippen molar-refractivity contribution >= 4 is 22.4 Å². The molecule has 0 radical (unpaired) electrons. The minimum Gasteiger partial charge on any atom is -0.493 e. The number of fused-ring (bicyclic) bond motifs is 1. The van der Waals surface area contributed by atoms with Gasteiger partial charge in [-0.25, -0.2) is 0 Å². The van der Waals surface area contributed by atoms with Crippen LogP contribution in [-0.2, 0) is 0 Å². The predicted molar refractivity (Wildman–Crippen MR) is 135 cm³/mol. The van der Waals surface area contributed by atoms with E-state index >= 15 is 0 Å². The van der Waals surface area contributed by atoms with Gasteiger partial charge >= 0.3 is 0 Å². The van der Waals surface area contributed by atoms with Crippen LogP contribution in [0.4, 0.5) is 0 Å². The lowest BCUT2D eigenvalue weighted by Gasteiger charge is -2.08. The van der Waals surface area contributed by atoms with E-state index in [0.29, 0.717) is 33.6 Å². The number of benzene rings is 3. The fourth-order valence-electron chi connectivity index (χ4n) is 3.36. The third-order valence-corrected chi connectivity index (χ3v) is 5.97. The number of hydrogen-bond acceptors (Lipinski definition) is 6. The van der Waals surface area contributed by atoms with Crippen molar-refractivity contribution < 1.29 is 9.47 Å². The standard InChI is InChI=1S/C27H23N3O3S/c1-18(2)17-32-21-13-11-20(12-14-21)25-28-27-30(29-25)26(31)24(34-27)16-19-7-6-10-23(15-19)33-22-8-4-3-5-9-22/h3-16,18H,17H2,1-2H3/b24-16+. The van der Waals surface area contributed by atoms with Crippen LogP contribution in [0.5, 0.6) is 17.2 Å². The van der Waals surface area contributed by atoms with Gasteiger partial charge in [-0.1, -0.05) is 55.5 Å². The molecule has 6 nitrogen and oxygen atoms in total. The van der Waals surface area contributed by atoms with Gasteiger partial charge in [0.25, 0.3) is 5.56 Å². The van der Waals surface area contributed by atoms with Crippen molar-refractivity contribution in [1.82, 2.24) is 14.6 Å². The minimum atomic E-state index is -0.190. The molecule has 0 N–H and O–H groups in total. The molecule has 170 valence electrons. The van der Waals surface area contributed by atoms with Gasteiger partial charge in [0.15, 0.2) is 5.82 Å². The second-order valence-electron chi connectivity index (χ2n) is 8.26. The average molecular weight is 470 g/mol. The van der Waals surface area contributed by atoms with Gasteiger partial charge in [-0.3, -0.25) is 4.79 Å². The zero-order chi connectivity index (χ0) is 23.5. The zero-order valence-electron chi connectivity index (χ0n) is 18.8. The van der Waals surface area contributed by atoms with Crippen LogP contribution in [-0.4, -0.2) is 21.2 Å². The number of ether oxygens (including phenoxy) is 2. The van der Waals surface area contributed by atoms with Gasteiger partial charge in [-0.05, 0) is 66.1 Å². The first-order chi connectivity index (χ1) is 16.5. The predicted octanol–water partition coefficient (Wildman–Crippen LogP) is 5.19. The molecule has 0 bridgehead atoms. The van der Waals surface area contributed by atoms with Gasteiger partial charge in [0.2, 0.25) is 4.96 Å². The van der Waals surface area contributed by atoms with Crippen molar-refractivity contribution in [3.05, 3.63) is 99.3 Å². The van der Waals surface area contributed by atoms with E-state index in [1.165, 1.54) is 15.9 Å². The number of nitrogens with zero attached hydrogens (tertiary/aromatic N) is 3. The fraction of sp³-hybridized carbons (Fsp3) is 0.148. The Kier molecular flexibility index (Phi) is 6.10. The molecule has 0 saturated carbocycles. The average Bonchev–Trinajstić information content (AvgIpc) is 3.38. The topological polar surface area (TPSA) is 65.7 Å². The molecular formula is C27H23N3O3S. The number of para-hydroxylation sites is 1. The first-order valence-corrected chi connectivity index (χ1v) is 11.8. The molecule has 0 atom stereocenters. The summed E-state index contributed by atoms with van der Waals surface area (Å²) in [5.41, 5.74) is 1.51. The van der Waals surface area contributed by atoms with Crippen molar-refractivity contribution in [1.29, 1.82) is 0 Å². The summed E-state index contributed by atoms with van der Waals surface area (Å²) in [5.74, 6) is 3.24.